The molecule has 0 unspecified atom stereocenters. The summed E-state index contributed by atoms with van der Waals surface area (Å²) in [5.41, 5.74) is 2.24. The van der Waals surface area contributed by atoms with Gasteiger partial charge >= 0.3 is 0 Å². The highest BCUT2D eigenvalue weighted by atomic mass is 32.1. The van der Waals surface area contributed by atoms with Crippen molar-refractivity contribution in [3.63, 3.8) is 0 Å². The Hall–Kier alpha value is -1.24. The Kier molecular flexibility index (Phi) is 5.28. The predicted octanol–water partition coefficient (Wildman–Crippen LogP) is 2.87. The average Bonchev–Trinajstić information content (AvgIpc) is 3.00. The Morgan fingerprint density at radius 1 is 1.50 bits per heavy atom. The van der Waals surface area contributed by atoms with E-state index in [0.717, 1.165) is 17.1 Å². The number of amides is 1. The number of nitrogens with zero attached hydrogens (tertiary/aromatic N) is 1. The number of thiazole rings is 1. The molecule has 0 spiro atoms. The van der Waals surface area contributed by atoms with Crippen LogP contribution >= 0.6 is 22.7 Å². The molecule has 2 heterocycles. The van der Waals surface area contributed by atoms with Gasteiger partial charge in [0.15, 0.2) is 0 Å². The molecule has 1 atom stereocenters. The molecule has 0 aliphatic carbocycles. The zero-order valence-corrected chi connectivity index (χ0v) is 13.4. The molecule has 1 amide bonds. The number of methoxy groups -OCH3 is 1. The minimum absolute atomic E-state index is 0.0729. The van der Waals surface area contributed by atoms with Crippen molar-refractivity contribution in [3.05, 3.63) is 38.0 Å². The smallest absolute Gasteiger partial charge is 0.246 e. The summed E-state index contributed by atoms with van der Waals surface area (Å²) in [5, 5.41) is 8.10. The van der Waals surface area contributed by atoms with E-state index in [0.29, 0.717) is 0 Å². The number of aryl methyl sites for hydroxylation is 2. The first-order valence-electron chi connectivity index (χ1n) is 6.33. The molecule has 2 rings (SSSR count). The fourth-order valence-electron chi connectivity index (χ4n) is 1.86. The molecule has 0 radical (unpaired) electrons. The van der Waals surface area contributed by atoms with Crippen LogP contribution in [0.2, 0.25) is 0 Å². The first kappa shape index (κ1) is 15.2. The molecular formula is C14H18N2O2S2. The monoisotopic (exact) mass is 310 g/mol. The molecule has 0 fully saturated rings. The second-order valence-corrected chi connectivity index (χ2v) is 6.60. The van der Waals surface area contributed by atoms with E-state index in [2.05, 4.69) is 28.7 Å². The van der Waals surface area contributed by atoms with Crippen molar-refractivity contribution in [2.24, 2.45) is 0 Å². The maximum Gasteiger partial charge on any atom is 0.246 e. The summed E-state index contributed by atoms with van der Waals surface area (Å²) in [6, 6.07) is 1.98. The van der Waals surface area contributed by atoms with Gasteiger partial charge in [0.1, 0.15) is 11.6 Å². The van der Waals surface area contributed by atoms with Crippen molar-refractivity contribution < 1.29 is 9.53 Å². The lowest BCUT2D eigenvalue weighted by molar-refractivity contribution is -0.125. The second kappa shape index (κ2) is 6.97. The van der Waals surface area contributed by atoms with E-state index < -0.39 is 0 Å². The van der Waals surface area contributed by atoms with E-state index in [1.54, 1.807) is 22.7 Å². The lowest BCUT2D eigenvalue weighted by Gasteiger charge is -2.15. The molecule has 1 N–H and O–H groups in total. The largest absolute Gasteiger partial charge is 0.375 e. The number of carbonyl (C=O) groups is 1. The van der Waals surface area contributed by atoms with Gasteiger partial charge in [0.2, 0.25) is 5.91 Å². The molecule has 0 bridgehead atoms. The highest BCUT2D eigenvalue weighted by Gasteiger charge is 2.19. The van der Waals surface area contributed by atoms with Crippen LogP contribution < -0.4 is 5.32 Å². The van der Waals surface area contributed by atoms with Crippen LogP contribution in [-0.4, -0.2) is 24.6 Å². The maximum atomic E-state index is 11.8. The molecular weight excluding hydrogens is 292 g/mol. The first-order valence-corrected chi connectivity index (χ1v) is 8.09. The summed E-state index contributed by atoms with van der Waals surface area (Å²) >= 11 is 3.30. The van der Waals surface area contributed by atoms with Crippen LogP contribution in [0.5, 0.6) is 0 Å². The molecule has 0 aromatic carbocycles. The number of hydrogen-bond donors (Lipinski definition) is 1. The summed E-state index contributed by atoms with van der Waals surface area (Å²) in [4.78, 5) is 17.6. The van der Waals surface area contributed by atoms with Gasteiger partial charge in [-0.15, -0.1) is 11.3 Å². The summed E-state index contributed by atoms with van der Waals surface area (Å²) in [6.45, 7) is 4.12. The molecule has 108 valence electrons. The van der Waals surface area contributed by atoms with Crippen molar-refractivity contribution in [1.29, 1.82) is 0 Å². The molecule has 0 aliphatic rings. The lowest BCUT2D eigenvalue weighted by Crippen LogP contribution is -2.32. The fraction of sp³-hybridized carbons (Fsp3) is 0.429. The molecule has 4 nitrogen and oxygen atoms in total. The number of aromatic nitrogens is 1. The van der Waals surface area contributed by atoms with Crippen molar-refractivity contribution in [2.75, 3.05) is 13.7 Å². The summed E-state index contributed by atoms with van der Waals surface area (Å²) < 4.78 is 4.88. The maximum absolute atomic E-state index is 11.8. The molecule has 0 saturated heterocycles. The topological polar surface area (TPSA) is 51.2 Å². The van der Waals surface area contributed by atoms with Crippen molar-refractivity contribution in [1.82, 2.24) is 10.3 Å². The van der Waals surface area contributed by atoms with E-state index in [4.69, 9.17) is 4.74 Å². The third-order valence-corrected chi connectivity index (χ3v) is 4.89. The minimum atomic E-state index is -0.113. The first-order chi connectivity index (χ1) is 9.60. The minimum Gasteiger partial charge on any atom is -0.375 e. The average molecular weight is 310 g/mol. The Morgan fingerprint density at radius 2 is 2.30 bits per heavy atom. The van der Waals surface area contributed by atoms with Crippen LogP contribution in [0.1, 0.15) is 27.2 Å². The SMILES string of the molecule is COCC(=O)N[C@H](Cc1ccsc1)c1nc(C)c(C)s1. The molecule has 0 aliphatic heterocycles. The third kappa shape index (κ3) is 3.88. The highest BCUT2D eigenvalue weighted by molar-refractivity contribution is 7.11. The molecule has 2 aromatic heterocycles. The standard InChI is InChI=1S/C14H18N2O2S2/c1-9-10(2)20-14(15-9)12(16-13(17)7-18-3)6-11-4-5-19-8-11/h4-5,8,12H,6-7H2,1-3H3,(H,16,17)/t12-/m1/s1. The number of carbonyl (C=O) groups excluding carboxylic acids is 1. The Bertz CT molecular complexity index is 544. The fourth-order valence-corrected chi connectivity index (χ4v) is 3.51. The van der Waals surface area contributed by atoms with Crippen LogP contribution in [0, 0.1) is 13.8 Å². The zero-order chi connectivity index (χ0) is 14.5. The van der Waals surface area contributed by atoms with E-state index >= 15 is 0 Å². The van der Waals surface area contributed by atoms with Gasteiger partial charge in [-0.1, -0.05) is 0 Å². The van der Waals surface area contributed by atoms with Gasteiger partial charge in [0.05, 0.1) is 11.7 Å². The quantitative estimate of drug-likeness (QED) is 0.892. The van der Waals surface area contributed by atoms with E-state index in [-0.39, 0.29) is 18.6 Å². The van der Waals surface area contributed by atoms with Crippen LogP contribution in [0.3, 0.4) is 0 Å². The normalized spacial score (nSPS) is 12.3. The second-order valence-electron chi connectivity index (χ2n) is 4.58. The Morgan fingerprint density at radius 3 is 2.85 bits per heavy atom. The molecule has 20 heavy (non-hydrogen) atoms. The van der Waals surface area contributed by atoms with Gasteiger partial charge in [-0.3, -0.25) is 4.79 Å². The van der Waals surface area contributed by atoms with Gasteiger partial charge in [-0.25, -0.2) is 4.98 Å². The van der Waals surface area contributed by atoms with Gasteiger partial charge in [0.25, 0.3) is 0 Å². The number of ether oxygens (including phenoxy) is 1. The van der Waals surface area contributed by atoms with Gasteiger partial charge < -0.3 is 10.1 Å². The van der Waals surface area contributed by atoms with Crippen molar-refractivity contribution >= 4 is 28.6 Å². The van der Waals surface area contributed by atoms with E-state index in [1.165, 1.54) is 17.6 Å². The van der Waals surface area contributed by atoms with Gasteiger partial charge in [-0.05, 0) is 36.2 Å². The highest BCUT2D eigenvalue weighted by Crippen LogP contribution is 2.26. The summed E-state index contributed by atoms with van der Waals surface area (Å²) in [6.07, 6.45) is 0.755. The number of hydrogen-bond acceptors (Lipinski definition) is 5. The van der Waals surface area contributed by atoms with Crippen LogP contribution in [0.4, 0.5) is 0 Å². The number of nitrogens with one attached hydrogen (secondary N) is 1. The van der Waals surface area contributed by atoms with Crippen LogP contribution in [-0.2, 0) is 16.0 Å². The lowest BCUT2D eigenvalue weighted by atomic mass is 10.1. The number of rotatable bonds is 6. The predicted molar refractivity (Wildman–Crippen MR) is 82.4 cm³/mol. The molecule has 2 aromatic rings. The van der Waals surface area contributed by atoms with Crippen molar-refractivity contribution in [2.45, 2.75) is 26.3 Å². The third-order valence-electron chi connectivity index (χ3n) is 2.97. The summed E-state index contributed by atoms with van der Waals surface area (Å²) in [5.74, 6) is -0.113. The molecule has 0 saturated carbocycles. The van der Waals surface area contributed by atoms with Crippen LogP contribution in [0.25, 0.3) is 0 Å². The number of thiophene rings is 1. The Balaban J connectivity index is 2.16. The van der Waals surface area contributed by atoms with Gasteiger partial charge in [0, 0.05) is 18.4 Å². The van der Waals surface area contributed by atoms with Gasteiger partial charge in [-0.2, -0.15) is 11.3 Å². The Labute approximate surface area is 126 Å². The van der Waals surface area contributed by atoms with E-state index in [1.807, 2.05) is 12.3 Å². The summed E-state index contributed by atoms with van der Waals surface area (Å²) in [7, 11) is 1.52. The van der Waals surface area contributed by atoms with Crippen molar-refractivity contribution in [3.8, 4) is 0 Å². The molecule has 6 heteroatoms. The zero-order valence-electron chi connectivity index (χ0n) is 11.8. The van der Waals surface area contributed by atoms with Crippen LogP contribution in [0.15, 0.2) is 16.8 Å². The van der Waals surface area contributed by atoms with E-state index in [9.17, 15) is 4.79 Å².